The fourth-order valence-corrected chi connectivity index (χ4v) is 2.44. The van der Waals surface area contributed by atoms with Gasteiger partial charge in [0.05, 0.1) is 10.5 Å². The van der Waals surface area contributed by atoms with Gasteiger partial charge in [0, 0.05) is 10.9 Å². The summed E-state index contributed by atoms with van der Waals surface area (Å²) in [5.41, 5.74) is 1.82. The zero-order valence-corrected chi connectivity index (χ0v) is 12.0. The molecule has 100 valence electrons. The van der Waals surface area contributed by atoms with Gasteiger partial charge in [-0.25, -0.2) is 14.4 Å². The number of benzene rings is 2. The Hall–Kier alpha value is -1.71. The number of para-hydroxylation sites is 1. The predicted octanol–water partition coefficient (Wildman–Crippen LogP) is 5.05. The molecule has 0 spiro atoms. The zero-order chi connectivity index (χ0) is 14.3. The van der Waals surface area contributed by atoms with Gasteiger partial charge in [0.15, 0.2) is 5.82 Å². The van der Waals surface area contributed by atoms with Crippen molar-refractivity contribution in [2.75, 3.05) is 0 Å². The predicted molar refractivity (Wildman–Crippen MR) is 79.7 cm³/mol. The summed E-state index contributed by atoms with van der Waals surface area (Å²) < 4.78 is 13.3. The second-order valence-corrected chi connectivity index (χ2v) is 5.20. The maximum Gasteiger partial charge on any atom is 0.161 e. The summed E-state index contributed by atoms with van der Waals surface area (Å²) in [6, 6.07) is 10.0. The first-order chi connectivity index (χ1) is 9.56. The molecular formula is C15H9Cl2FN2. The highest BCUT2D eigenvalue weighted by atomic mass is 35.5. The van der Waals surface area contributed by atoms with Crippen LogP contribution in [-0.2, 0) is 0 Å². The minimum atomic E-state index is -0.265. The summed E-state index contributed by atoms with van der Waals surface area (Å²) in [5, 5.41) is 1.53. The molecule has 1 heterocycles. The Morgan fingerprint density at radius 3 is 2.60 bits per heavy atom. The van der Waals surface area contributed by atoms with E-state index in [0.717, 1.165) is 0 Å². The Kier molecular flexibility index (Phi) is 3.32. The molecule has 0 saturated carbocycles. The second-order valence-electron chi connectivity index (χ2n) is 4.44. The molecule has 0 radical (unpaired) electrons. The van der Waals surface area contributed by atoms with Gasteiger partial charge in [0.2, 0.25) is 0 Å². The van der Waals surface area contributed by atoms with Crippen molar-refractivity contribution in [1.29, 1.82) is 0 Å². The summed E-state index contributed by atoms with van der Waals surface area (Å²) in [6.07, 6.45) is 0. The maximum atomic E-state index is 13.3. The molecule has 3 rings (SSSR count). The third kappa shape index (κ3) is 2.23. The van der Waals surface area contributed by atoms with E-state index in [2.05, 4.69) is 9.97 Å². The minimum absolute atomic E-state index is 0.265. The van der Waals surface area contributed by atoms with Crippen molar-refractivity contribution in [2.24, 2.45) is 0 Å². The highest BCUT2D eigenvalue weighted by Gasteiger charge is 2.11. The molecule has 0 aliphatic carbocycles. The summed E-state index contributed by atoms with van der Waals surface area (Å²) in [4.78, 5) is 8.68. The van der Waals surface area contributed by atoms with Crippen LogP contribution in [0.25, 0.3) is 22.3 Å². The first-order valence-corrected chi connectivity index (χ1v) is 6.70. The standard InChI is InChI=1S/C15H9Cl2FN2/c1-8-7-9(5-6-12(8)18)15-19-13-10(14(17)20-15)3-2-4-11(13)16/h2-7H,1H3. The number of nitrogens with zero attached hydrogens (tertiary/aromatic N) is 2. The molecule has 0 aliphatic heterocycles. The molecular weight excluding hydrogens is 298 g/mol. The van der Waals surface area contributed by atoms with Crippen LogP contribution < -0.4 is 0 Å². The van der Waals surface area contributed by atoms with E-state index in [1.165, 1.54) is 6.07 Å². The summed E-state index contributed by atoms with van der Waals surface area (Å²) in [5.74, 6) is 0.164. The molecule has 0 aliphatic rings. The van der Waals surface area contributed by atoms with Crippen molar-refractivity contribution in [3.05, 3.63) is 58.0 Å². The lowest BCUT2D eigenvalue weighted by Gasteiger charge is -2.06. The van der Waals surface area contributed by atoms with Crippen molar-refractivity contribution in [1.82, 2.24) is 9.97 Å². The molecule has 0 bridgehead atoms. The van der Waals surface area contributed by atoms with Crippen molar-refractivity contribution in [3.8, 4) is 11.4 Å². The van der Waals surface area contributed by atoms with E-state index in [9.17, 15) is 4.39 Å². The highest BCUT2D eigenvalue weighted by Crippen LogP contribution is 2.29. The first-order valence-electron chi connectivity index (χ1n) is 5.94. The van der Waals surface area contributed by atoms with Crippen molar-refractivity contribution < 1.29 is 4.39 Å². The minimum Gasteiger partial charge on any atom is -0.226 e. The van der Waals surface area contributed by atoms with Crippen LogP contribution in [0.2, 0.25) is 10.2 Å². The van der Waals surface area contributed by atoms with Crippen LogP contribution in [0.15, 0.2) is 36.4 Å². The molecule has 1 aromatic heterocycles. The van der Waals surface area contributed by atoms with Gasteiger partial charge in [-0.3, -0.25) is 0 Å². The van der Waals surface area contributed by atoms with Crippen LogP contribution in [-0.4, -0.2) is 9.97 Å². The average molecular weight is 307 g/mol. The summed E-state index contributed by atoms with van der Waals surface area (Å²) in [6.45, 7) is 1.69. The van der Waals surface area contributed by atoms with Gasteiger partial charge < -0.3 is 0 Å². The molecule has 0 atom stereocenters. The van der Waals surface area contributed by atoms with E-state index >= 15 is 0 Å². The number of hydrogen-bond acceptors (Lipinski definition) is 2. The molecule has 0 unspecified atom stereocenters. The fourth-order valence-electron chi connectivity index (χ4n) is 1.99. The monoisotopic (exact) mass is 306 g/mol. The Bertz CT molecular complexity index is 818. The number of aryl methyl sites for hydroxylation is 1. The zero-order valence-electron chi connectivity index (χ0n) is 10.5. The van der Waals surface area contributed by atoms with Crippen molar-refractivity contribution in [2.45, 2.75) is 6.92 Å². The van der Waals surface area contributed by atoms with Gasteiger partial charge in [0.25, 0.3) is 0 Å². The van der Waals surface area contributed by atoms with Crippen LogP contribution in [0.1, 0.15) is 5.56 Å². The first kappa shape index (κ1) is 13.3. The SMILES string of the molecule is Cc1cc(-c2nc(Cl)c3cccc(Cl)c3n2)ccc1F. The Labute approximate surface area is 125 Å². The van der Waals surface area contributed by atoms with Gasteiger partial charge in [-0.1, -0.05) is 29.3 Å². The Balaban J connectivity index is 2.26. The summed E-state index contributed by atoms with van der Waals surface area (Å²) >= 11 is 12.3. The lowest BCUT2D eigenvalue weighted by Crippen LogP contribution is -1.93. The molecule has 0 N–H and O–H groups in total. The van der Waals surface area contributed by atoms with Gasteiger partial charge in [0.1, 0.15) is 11.0 Å². The lowest BCUT2D eigenvalue weighted by molar-refractivity contribution is 0.618. The number of rotatable bonds is 1. The fraction of sp³-hybridized carbons (Fsp3) is 0.0667. The number of aromatic nitrogens is 2. The molecule has 3 aromatic rings. The van der Waals surface area contributed by atoms with Crippen LogP contribution >= 0.6 is 23.2 Å². The van der Waals surface area contributed by atoms with Crippen LogP contribution in [0.3, 0.4) is 0 Å². The number of halogens is 3. The highest BCUT2D eigenvalue weighted by molar-refractivity contribution is 6.38. The average Bonchev–Trinajstić information content (AvgIpc) is 2.43. The molecule has 20 heavy (non-hydrogen) atoms. The van der Waals surface area contributed by atoms with Gasteiger partial charge in [-0.2, -0.15) is 0 Å². The maximum absolute atomic E-state index is 13.3. The second kappa shape index (κ2) is 5.00. The molecule has 0 fully saturated rings. The Morgan fingerprint density at radius 2 is 1.85 bits per heavy atom. The molecule has 0 amide bonds. The smallest absolute Gasteiger partial charge is 0.161 e. The van der Waals surface area contributed by atoms with E-state index in [1.54, 1.807) is 31.2 Å². The number of fused-ring (bicyclic) bond motifs is 1. The van der Waals surface area contributed by atoms with Gasteiger partial charge >= 0.3 is 0 Å². The number of hydrogen-bond donors (Lipinski definition) is 0. The van der Waals surface area contributed by atoms with Gasteiger partial charge in [-0.15, -0.1) is 0 Å². The largest absolute Gasteiger partial charge is 0.226 e. The quantitative estimate of drug-likeness (QED) is 0.588. The van der Waals surface area contributed by atoms with Crippen LogP contribution in [0, 0.1) is 12.7 Å². The topological polar surface area (TPSA) is 25.8 Å². The molecule has 2 nitrogen and oxygen atoms in total. The van der Waals surface area contributed by atoms with Crippen LogP contribution in [0.4, 0.5) is 4.39 Å². The van der Waals surface area contributed by atoms with E-state index in [4.69, 9.17) is 23.2 Å². The van der Waals surface area contributed by atoms with E-state index in [1.807, 2.05) is 6.07 Å². The third-order valence-corrected chi connectivity index (χ3v) is 3.64. The third-order valence-electron chi connectivity index (χ3n) is 3.05. The molecule has 5 heteroatoms. The van der Waals surface area contributed by atoms with Crippen molar-refractivity contribution >= 4 is 34.1 Å². The molecule has 0 saturated heterocycles. The van der Waals surface area contributed by atoms with E-state index < -0.39 is 0 Å². The van der Waals surface area contributed by atoms with Crippen LogP contribution in [0.5, 0.6) is 0 Å². The lowest BCUT2D eigenvalue weighted by atomic mass is 10.1. The van der Waals surface area contributed by atoms with E-state index in [0.29, 0.717) is 38.0 Å². The van der Waals surface area contributed by atoms with Gasteiger partial charge in [-0.05, 0) is 42.8 Å². The normalized spacial score (nSPS) is 11.0. The van der Waals surface area contributed by atoms with Crippen molar-refractivity contribution in [3.63, 3.8) is 0 Å². The summed E-state index contributed by atoms with van der Waals surface area (Å²) in [7, 11) is 0. The van der Waals surface area contributed by atoms with E-state index in [-0.39, 0.29) is 5.82 Å². The Morgan fingerprint density at radius 1 is 1.05 bits per heavy atom. The molecule has 2 aromatic carbocycles.